The van der Waals surface area contributed by atoms with Crippen molar-refractivity contribution in [3.63, 3.8) is 0 Å². The molecule has 1 aliphatic rings. The number of unbranched alkanes of at least 4 members (excludes halogenated alkanes) is 2. The van der Waals surface area contributed by atoms with Crippen LogP contribution in [-0.4, -0.2) is 60.0 Å². The molecule has 3 atom stereocenters. The smallest absolute Gasteiger partial charge is 0.335 e. The van der Waals surface area contributed by atoms with Crippen molar-refractivity contribution in [1.82, 2.24) is 10.6 Å². The molecular weight excluding hydrogens is 383 g/mol. The minimum atomic E-state index is -3.27. The summed E-state index contributed by atoms with van der Waals surface area (Å²) in [6, 6.07) is 6.55. The van der Waals surface area contributed by atoms with Crippen molar-refractivity contribution in [2.75, 3.05) is 32.0 Å². The molecule has 8 nitrogen and oxygen atoms in total. The second-order valence-electron chi connectivity index (χ2n) is 7.14. The summed E-state index contributed by atoms with van der Waals surface area (Å²) in [6.07, 6.45) is 2.23. The Labute approximate surface area is 165 Å². The van der Waals surface area contributed by atoms with Crippen molar-refractivity contribution in [3.8, 4) is 0 Å². The first-order chi connectivity index (χ1) is 13.3. The van der Waals surface area contributed by atoms with E-state index in [0.29, 0.717) is 26.1 Å². The molecule has 0 aromatic heterocycles. The highest BCUT2D eigenvalue weighted by Crippen LogP contribution is 2.43. The average molecular weight is 412 g/mol. The fourth-order valence-corrected chi connectivity index (χ4v) is 4.95. The number of benzene rings is 1. The predicted octanol–water partition coefficient (Wildman–Crippen LogP) is 1.99. The van der Waals surface area contributed by atoms with Gasteiger partial charge in [0, 0.05) is 26.2 Å². The quantitative estimate of drug-likeness (QED) is 0.342. The Morgan fingerprint density at radius 1 is 1.32 bits per heavy atom. The summed E-state index contributed by atoms with van der Waals surface area (Å²) in [5.41, 5.74) is 1.05. The lowest BCUT2D eigenvalue weighted by molar-refractivity contribution is -0.118. The number of aromatic carboxylic acids is 1. The number of carboxylic acid groups (broad SMARTS) is 1. The first-order valence-electron chi connectivity index (χ1n) is 9.50. The van der Waals surface area contributed by atoms with Crippen molar-refractivity contribution in [2.24, 2.45) is 0 Å². The first-order valence-corrected chi connectivity index (χ1v) is 11.5. The Morgan fingerprint density at radius 2 is 2.11 bits per heavy atom. The molecule has 1 aliphatic heterocycles. The summed E-state index contributed by atoms with van der Waals surface area (Å²) >= 11 is 0. The molecule has 1 amide bonds. The molecule has 156 valence electrons. The summed E-state index contributed by atoms with van der Waals surface area (Å²) in [7, 11) is -3.27. The Kier molecular flexibility index (Phi) is 8.63. The zero-order chi connectivity index (χ0) is 20.6. The van der Waals surface area contributed by atoms with Gasteiger partial charge in [0.15, 0.2) is 0 Å². The number of carbonyl (C=O) groups excluding carboxylic acids is 1. The van der Waals surface area contributed by atoms with E-state index in [-0.39, 0.29) is 35.9 Å². The maximum Gasteiger partial charge on any atom is 0.335 e. The molecule has 1 aromatic rings. The Balaban J connectivity index is 1.72. The summed E-state index contributed by atoms with van der Waals surface area (Å²) in [4.78, 5) is 32.1. The molecule has 1 heterocycles. The van der Waals surface area contributed by atoms with E-state index in [1.165, 1.54) is 13.0 Å². The van der Waals surface area contributed by atoms with Crippen LogP contribution in [0.4, 0.5) is 0 Å². The van der Waals surface area contributed by atoms with Gasteiger partial charge in [-0.1, -0.05) is 18.6 Å². The highest BCUT2D eigenvalue weighted by Gasteiger charge is 2.29. The number of hydrogen-bond donors (Lipinski definition) is 4. The van der Waals surface area contributed by atoms with Crippen LogP contribution in [0, 0.1) is 0 Å². The molecule has 0 spiro atoms. The van der Waals surface area contributed by atoms with Gasteiger partial charge in [-0.25, -0.2) is 4.79 Å². The van der Waals surface area contributed by atoms with E-state index in [1.807, 2.05) is 6.07 Å². The third-order valence-electron chi connectivity index (χ3n) is 4.67. The van der Waals surface area contributed by atoms with Gasteiger partial charge in [0.25, 0.3) is 0 Å². The van der Waals surface area contributed by atoms with E-state index in [4.69, 9.17) is 9.84 Å². The van der Waals surface area contributed by atoms with Crippen LogP contribution in [0.3, 0.4) is 0 Å². The molecule has 0 bridgehead atoms. The number of ether oxygens (including phenoxy) is 1. The number of carboxylic acids is 1. The lowest BCUT2D eigenvalue weighted by Crippen LogP contribution is -2.42. The fourth-order valence-electron chi connectivity index (χ4n) is 3.18. The zero-order valence-electron chi connectivity index (χ0n) is 16.1. The van der Waals surface area contributed by atoms with Crippen LogP contribution in [-0.2, 0) is 14.1 Å². The second-order valence-corrected chi connectivity index (χ2v) is 9.65. The van der Waals surface area contributed by atoms with Crippen LogP contribution in [0.15, 0.2) is 24.3 Å². The van der Waals surface area contributed by atoms with E-state index in [1.54, 1.807) is 12.1 Å². The Hall–Kier alpha value is -1.73. The van der Waals surface area contributed by atoms with Gasteiger partial charge in [-0.05, 0) is 30.5 Å². The SMILES string of the molecule is CC(=O)NCCCCCP(=O)(O)C[C@@H]1CN[C@H](c2cccc(C(=O)O)c2)CO1. The van der Waals surface area contributed by atoms with Gasteiger partial charge in [0.2, 0.25) is 13.3 Å². The minimum Gasteiger partial charge on any atom is -0.478 e. The third-order valence-corrected chi connectivity index (χ3v) is 6.67. The number of hydrogen-bond acceptors (Lipinski definition) is 5. The fraction of sp³-hybridized carbons (Fsp3) is 0.579. The molecule has 2 rings (SSSR count). The maximum absolute atomic E-state index is 12.4. The van der Waals surface area contributed by atoms with Crippen molar-refractivity contribution in [3.05, 3.63) is 35.4 Å². The van der Waals surface area contributed by atoms with Crippen LogP contribution < -0.4 is 10.6 Å². The predicted molar refractivity (Wildman–Crippen MR) is 106 cm³/mol. The lowest BCUT2D eigenvalue weighted by atomic mass is 10.0. The molecule has 0 aliphatic carbocycles. The highest BCUT2D eigenvalue weighted by molar-refractivity contribution is 7.58. The number of carbonyl (C=O) groups is 2. The Morgan fingerprint density at radius 3 is 2.75 bits per heavy atom. The summed E-state index contributed by atoms with van der Waals surface area (Å²) in [5.74, 6) is -1.04. The standard InChI is InChI=1S/C19H29N2O6P/c1-14(22)20-8-3-2-4-9-28(25,26)13-17-11-21-18(12-27-17)15-6-5-7-16(10-15)19(23)24/h5-7,10,17-18,21H,2-4,8-9,11-13H2,1H3,(H,20,22)(H,23,24)(H,25,26)/t17-,18-/m0/s1. The number of nitrogens with one attached hydrogen (secondary N) is 2. The lowest BCUT2D eigenvalue weighted by Gasteiger charge is -2.31. The number of amides is 1. The molecule has 1 unspecified atom stereocenters. The van der Waals surface area contributed by atoms with Crippen molar-refractivity contribution in [2.45, 2.75) is 38.3 Å². The first kappa shape index (κ1) is 22.6. The van der Waals surface area contributed by atoms with Crippen LogP contribution >= 0.6 is 7.37 Å². The molecule has 1 fully saturated rings. The van der Waals surface area contributed by atoms with E-state index >= 15 is 0 Å². The highest BCUT2D eigenvalue weighted by atomic mass is 31.2. The third kappa shape index (κ3) is 7.72. The molecule has 1 saturated heterocycles. The summed E-state index contributed by atoms with van der Waals surface area (Å²) in [5, 5.41) is 15.1. The zero-order valence-corrected chi connectivity index (χ0v) is 17.0. The van der Waals surface area contributed by atoms with Crippen LogP contribution in [0.25, 0.3) is 0 Å². The van der Waals surface area contributed by atoms with E-state index in [9.17, 15) is 19.0 Å². The minimum absolute atomic E-state index is 0.0669. The normalized spacial score (nSPS) is 21.6. The van der Waals surface area contributed by atoms with Crippen LogP contribution in [0.2, 0.25) is 0 Å². The second kappa shape index (κ2) is 10.7. The van der Waals surface area contributed by atoms with E-state index in [2.05, 4.69) is 10.6 Å². The molecular formula is C19H29N2O6P. The molecule has 28 heavy (non-hydrogen) atoms. The number of morpholine rings is 1. The van der Waals surface area contributed by atoms with Crippen LogP contribution in [0.1, 0.15) is 48.1 Å². The molecule has 0 saturated carbocycles. The summed E-state index contributed by atoms with van der Waals surface area (Å²) < 4.78 is 18.2. The van der Waals surface area contributed by atoms with Gasteiger partial charge in [-0.3, -0.25) is 9.36 Å². The van der Waals surface area contributed by atoms with Gasteiger partial charge < -0.3 is 25.4 Å². The van der Waals surface area contributed by atoms with Crippen molar-refractivity contribution in [1.29, 1.82) is 0 Å². The van der Waals surface area contributed by atoms with Gasteiger partial charge in [-0.2, -0.15) is 0 Å². The topological polar surface area (TPSA) is 125 Å². The van der Waals surface area contributed by atoms with Gasteiger partial charge in [-0.15, -0.1) is 0 Å². The largest absolute Gasteiger partial charge is 0.478 e. The number of rotatable bonds is 10. The van der Waals surface area contributed by atoms with Crippen LogP contribution in [0.5, 0.6) is 0 Å². The maximum atomic E-state index is 12.4. The van der Waals surface area contributed by atoms with Gasteiger partial charge in [0.1, 0.15) is 0 Å². The molecule has 0 radical (unpaired) electrons. The van der Waals surface area contributed by atoms with Gasteiger partial charge in [0.05, 0.1) is 30.5 Å². The van der Waals surface area contributed by atoms with Gasteiger partial charge >= 0.3 is 5.97 Å². The monoisotopic (exact) mass is 412 g/mol. The van der Waals surface area contributed by atoms with E-state index < -0.39 is 13.3 Å². The molecule has 1 aromatic carbocycles. The summed E-state index contributed by atoms with van der Waals surface area (Å²) in [6.45, 7) is 2.82. The molecule has 9 heteroatoms. The van der Waals surface area contributed by atoms with E-state index in [0.717, 1.165) is 18.4 Å². The molecule has 4 N–H and O–H groups in total. The Bertz CT molecular complexity index is 718. The van der Waals surface area contributed by atoms with Crippen molar-refractivity contribution < 1.29 is 28.9 Å². The van der Waals surface area contributed by atoms with Crippen molar-refractivity contribution >= 4 is 19.2 Å². The average Bonchev–Trinajstić information content (AvgIpc) is 2.64.